The van der Waals surface area contributed by atoms with E-state index < -0.39 is 18.0 Å². The Bertz CT molecular complexity index is 1010. The van der Waals surface area contributed by atoms with Crippen molar-refractivity contribution in [2.75, 3.05) is 13.2 Å². The first-order valence-corrected chi connectivity index (χ1v) is 12.7. The van der Waals surface area contributed by atoms with Crippen molar-refractivity contribution in [3.05, 3.63) is 59.7 Å². The number of alkyl carbamates (subject to hydrolysis) is 1. The van der Waals surface area contributed by atoms with E-state index in [1.54, 1.807) is 0 Å². The summed E-state index contributed by atoms with van der Waals surface area (Å²) >= 11 is 0. The van der Waals surface area contributed by atoms with E-state index in [4.69, 9.17) is 4.74 Å². The summed E-state index contributed by atoms with van der Waals surface area (Å²) in [6, 6.07) is 16.2. The fraction of sp³-hybridized carbons (Fsp3) is 0.464. The second-order valence-electron chi connectivity index (χ2n) is 9.47. The van der Waals surface area contributed by atoms with Crippen molar-refractivity contribution in [1.29, 1.82) is 0 Å². The third-order valence-electron chi connectivity index (χ3n) is 7.12. The summed E-state index contributed by atoms with van der Waals surface area (Å²) < 4.78 is 5.54. The lowest BCUT2D eigenvalue weighted by atomic mass is 9.84. The number of hydrogen-bond donors (Lipinski definition) is 3. The van der Waals surface area contributed by atoms with Crippen LogP contribution < -0.4 is 10.6 Å². The highest BCUT2D eigenvalue weighted by atomic mass is 16.5. The zero-order valence-electron chi connectivity index (χ0n) is 20.0. The minimum Gasteiger partial charge on any atom is -0.481 e. The molecule has 0 spiro atoms. The van der Waals surface area contributed by atoms with Gasteiger partial charge in [-0.1, -0.05) is 67.8 Å². The number of fused-ring (bicyclic) bond motifs is 3. The molecule has 186 valence electrons. The van der Waals surface area contributed by atoms with Gasteiger partial charge in [0.25, 0.3) is 0 Å². The van der Waals surface area contributed by atoms with Crippen molar-refractivity contribution in [3.8, 4) is 11.1 Å². The van der Waals surface area contributed by atoms with Crippen LogP contribution in [0.5, 0.6) is 0 Å². The van der Waals surface area contributed by atoms with Crippen LogP contribution >= 0.6 is 0 Å². The Balaban J connectivity index is 1.12. The largest absolute Gasteiger partial charge is 0.481 e. The zero-order valence-corrected chi connectivity index (χ0v) is 20.0. The van der Waals surface area contributed by atoms with Crippen LogP contribution in [-0.4, -0.2) is 42.3 Å². The summed E-state index contributed by atoms with van der Waals surface area (Å²) in [7, 11) is 0. The molecule has 1 fully saturated rings. The second-order valence-corrected chi connectivity index (χ2v) is 9.47. The van der Waals surface area contributed by atoms with Crippen molar-refractivity contribution in [1.82, 2.24) is 10.6 Å². The average Bonchev–Trinajstić information content (AvgIpc) is 3.18. The number of carboxylic acids is 1. The predicted molar refractivity (Wildman–Crippen MR) is 133 cm³/mol. The second kappa shape index (κ2) is 11.9. The van der Waals surface area contributed by atoms with E-state index in [0.717, 1.165) is 32.1 Å². The van der Waals surface area contributed by atoms with E-state index >= 15 is 0 Å². The van der Waals surface area contributed by atoms with E-state index in [9.17, 15) is 19.5 Å². The SMILES string of the molecule is O=C(CCCCCNC(=O)OCC1c2ccccc2-c2ccccc21)NC1CCCCC1C(=O)O. The molecular weight excluding hydrogens is 444 g/mol. The quantitative estimate of drug-likeness (QED) is 0.424. The van der Waals surface area contributed by atoms with Crippen LogP contribution in [0.15, 0.2) is 48.5 Å². The molecule has 0 aromatic heterocycles. The van der Waals surface area contributed by atoms with Crippen LogP contribution in [0, 0.1) is 5.92 Å². The summed E-state index contributed by atoms with van der Waals surface area (Å²) in [6.45, 7) is 0.778. The van der Waals surface area contributed by atoms with Crippen LogP contribution in [0.1, 0.15) is 68.4 Å². The molecule has 1 saturated carbocycles. The monoisotopic (exact) mass is 478 g/mol. The number of nitrogens with one attached hydrogen (secondary N) is 2. The molecule has 2 atom stereocenters. The van der Waals surface area contributed by atoms with E-state index in [1.807, 2.05) is 24.3 Å². The molecule has 2 aliphatic rings. The number of amides is 2. The Labute approximate surface area is 206 Å². The van der Waals surface area contributed by atoms with Crippen LogP contribution in [0.2, 0.25) is 0 Å². The molecule has 7 heteroatoms. The van der Waals surface area contributed by atoms with Crippen molar-refractivity contribution in [3.63, 3.8) is 0 Å². The van der Waals surface area contributed by atoms with E-state index in [-0.39, 0.29) is 17.9 Å². The molecule has 0 radical (unpaired) electrons. The van der Waals surface area contributed by atoms with Gasteiger partial charge in [-0.3, -0.25) is 9.59 Å². The molecule has 3 N–H and O–H groups in total. The maximum atomic E-state index is 12.2. The highest BCUT2D eigenvalue weighted by Crippen LogP contribution is 2.44. The Morgan fingerprint density at radius 1 is 0.886 bits per heavy atom. The van der Waals surface area contributed by atoms with Crippen LogP contribution in [-0.2, 0) is 14.3 Å². The summed E-state index contributed by atoms with van der Waals surface area (Å²) in [5, 5.41) is 15.0. The van der Waals surface area contributed by atoms with E-state index in [0.29, 0.717) is 32.4 Å². The van der Waals surface area contributed by atoms with Gasteiger partial charge in [0.15, 0.2) is 0 Å². The fourth-order valence-electron chi connectivity index (χ4n) is 5.31. The fourth-order valence-corrected chi connectivity index (χ4v) is 5.31. The number of unbranched alkanes of at least 4 members (excludes halogenated alkanes) is 2. The molecule has 4 rings (SSSR count). The lowest BCUT2D eigenvalue weighted by Gasteiger charge is -2.29. The maximum Gasteiger partial charge on any atom is 0.407 e. The summed E-state index contributed by atoms with van der Waals surface area (Å²) in [5.74, 6) is -1.35. The molecule has 2 aliphatic carbocycles. The third kappa shape index (κ3) is 6.21. The first-order valence-electron chi connectivity index (χ1n) is 12.7. The molecule has 0 bridgehead atoms. The molecule has 2 aromatic carbocycles. The smallest absolute Gasteiger partial charge is 0.407 e. The summed E-state index contributed by atoms with van der Waals surface area (Å²) in [5.41, 5.74) is 4.76. The van der Waals surface area contributed by atoms with Gasteiger partial charge < -0.3 is 20.5 Å². The molecule has 2 aromatic rings. The number of benzene rings is 2. The Morgan fingerprint density at radius 2 is 1.54 bits per heavy atom. The standard InChI is InChI=1S/C28H34N2O5/c31-26(30-25-15-8-7-14-23(25)27(32)33)16-2-1-9-17-29-28(34)35-18-24-21-12-5-3-10-19(21)20-11-4-6-13-22(20)24/h3-6,10-13,23-25H,1-2,7-9,14-18H2,(H,29,34)(H,30,31)(H,32,33). The van der Waals surface area contributed by atoms with Gasteiger partial charge in [0.1, 0.15) is 6.61 Å². The normalized spacial score (nSPS) is 18.9. The number of hydrogen-bond acceptors (Lipinski definition) is 4. The molecule has 0 aliphatic heterocycles. The molecule has 0 saturated heterocycles. The zero-order chi connectivity index (χ0) is 24.6. The van der Waals surface area contributed by atoms with E-state index in [1.165, 1.54) is 22.3 Å². The number of rotatable bonds is 10. The molecule has 2 amide bonds. The van der Waals surface area contributed by atoms with Gasteiger partial charge in [-0.15, -0.1) is 0 Å². The molecule has 35 heavy (non-hydrogen) atoms. The first kappa shape index (κ1) is 24.8. The van der Waals surface area contributed by atoms with Gasteiger partial charge in [-0.25, -0.2) is 4.79 Å². The van der Waals surface area contributed by atoms with Gasteiger partial charge in [-0.2, -0.15) is 0 Å². The van der Waals surface area contributed by atoms with Crippen LogP contribution in [0.3, 0.4) is 0 Å². The minimum atomic E-state index is -0.825. The van der Waals surface area contributed by atoms with Crippen LogP contribution in [0.4, 0.5) is 4.79 Å². The highest BCUT2D eigenvalue weighted by Gasteiger charge is 2.31. The summed E-state index contributed by atoms with van der Waals surface area (Å²) in [6.07, 6.45) is 5.39. The average molecular weight is 479 g/mol. The topological polar surface area (TPSA) is 105 Å². The lowest BCUT2D eigenvalue weighted by Crippen LogP contribution is -2.45. The molecule has 0 heterocycles. The van der Waals surface area contributed by atoms with Gasteiger partial charge in [0.05, 0.1) is 5.92 Å². The lowest BCUT2D eigenvalue weighted by molar-refractivity contribution is -0.144. The first-order chi connectivity index (χ1) is 17.0. The number of aliphatic carboxylic acids is 1. The van der Waals surface area contributed by atoms with Crippen molar-refractivity contribution in [2.24, 2.45) is 5.92 Å². The Hall–Kier alpha value is -3.35. The summed E-state index contributed by atoms with van der Waals surface area (Å²) in [4.78, 5) is 35.8. The van der Waals surface area contributed by atoms with Gasteiger partial charge in [0, 0.05) is 24.9 Å². The predicted octanol–water partition coefficient (Wildman–Crippen LogP) is 4.85. The van der Waals surface area contributed by atoms with Gasteiger partial charge in [-0.05, 0) is 47.9 Å². The Kier molecular flexibility index (Phi) is 8.40. The number of carbonyl (C=O) groups is 3. The van der Waals surface area contributed by atoms with Crippen LogP contribution in [0.25, 0.3) is 11.1 Å². The van der Waals surface area contributed by atoms with Gasteiger partial charge in [0.2, 0.25) is 5.91 Å². The molecule has 7 nitrogen and oxygen atoms in total. The van der Waals surface area contributed by atoms with Crippen molar-refractivity contribution >= 4 is 18.0 Å². The van der Waals surface area contributed by atoms with Crippen molar-refractivity contribution < 1.29 is 24.2 Å². The number of ether oxygens (including phenoxy) is 1. The van der Waals surface area contributed by atoms with Gasteiger partial charge >= 0.3 is 12.1 Å². The number of carboxylic acid groups (broad SMARTS) is 1. The number of carbonyl (C=O) groups excluding carboxylic acids is 2. The van der Waals surface area contributed by atoms with E-state index in [2.05, 4.69) is 34.9 Å². The molecule has 2 unspecified atom stereocenters. The Morgan fingerprint density at radius 3 is 2.23 bits per heavy atom. The van der Waals surface area contributed by atoms with Crippen molar-refractivity contribution in [2.45, 2.75) is 63.3 Å². The molecular formula is C28H34N2O5. The maximum absolute atomic E-state index is 12.2. The minimum absolute atomic E-state index is 0.0385. The third-order valence-corrected chi connectivity index (χ3v) is 7.12. The highest BCUT2D eigenvalue weighted by molar-refractivity contribution is 5.79.